The fourth-order valence-corrected chi connectivity index (χ4v) is 3.06. The van der Waals surface area contributed by atoms with Crippen LogP contribution in [-0.2, 0) is 0 Å². The zero-order valence-corrected chi connectivity index (χ0v) is 18.6. The summed E-state index contributed by atoms with van der Waals surface area (Å²) in [7, 11) is 0. The minimum absolute atomic E-state index is 0. The van der Waals surface area contributed by atoms with Gasteiger partial charge >= 0.3 is 35.5 Å². The Hall–Kier alpha value is -3.39. The van der Waals surface area contributed by atoms with Gasteiger partial charge in [0.1, 0.15) is 5.75 Å². The monoisotopic (exact) mass is 424 g/mol. The third kappa shape index (κ3) is 4.86. The van der Waals surface area contributed by atoms with Crippen molar-refractivity contribution in [3.05, 3.63) is 90.6 Å². The van der Waals surface area contributed by atoms with Gasteiger partial charge in [0, 0.05) is 23.5 Å². The molecule has 31 heavy (non-hydrogen) atoms. The van der Waals surface area contributed by atoms with Crippen LogP contribution in [0.4, 0.5) is 5.69 Å². The van der Waals surface area contributed by atoms with Crippen LogP contribution in [0.5, 0.6) is 5.75 Å². The van der Waals surface area contributed by atoms with E-state index in [1.807, 2.05) is 6.07 Å². The minimum atomic E-state index is -1.18. The molecule has 0 aliphatic carbocycles. The molecule has 0 aliphatic heterocycles. The number of hydrogen-bond donors (Lipinski definition) is 3. The molecule has 2 heterocycles. The summed E-state index contributed by atoms with van der Waals surface area (Å²) in [6, 6.07) is 14.5. The predicted molar refractivity (Wildman–Crippen MR) is 112 cm³/mol. The summed E-state index contributed by atoms with van der Waals surface area (Å²) < 4.78 is 5.07. The van der Waals surface area contributed by atoms with Crippen molar-refractivity contribution in [3.8, 4) is 28.0 Å². The van der Waals surface area contributed by atoms with E-state index < -0.39 is 11.9 Å². The zero-order valence-electron chi connectivity index (χ0n) is 17.6. The van der Waals surface area contributed by atoms with E-state index in [0.717, 1.165) is 11.1 Å². The predicted octanol–water partition coefficient (Wildman–Crippen LogP) is 1.78. The summed E-state index contributed by atoms with van der Waals surface area (Å²) in [6.07, 6.45) is 6.30. The number of phenolic OH excluding ortho intramolecular Hbond substituents is 1. The van der Waals surface area contributed by atoms with Gasteiger partial charge in [-0.25, -0.2) is 4.79 Å². The van der Waals surface area contributed by atoms with Gasteiger partial charge in [0.15, 0.2) is 0 Å². The Morgan fingerprint density at radius 3 is 2.39 bits per heavy atom. The quantitative estimate of drug-likeness (QED) is 0.421. The van der Waals surface area contributed by atoms with Crippen molar-refractivity contribution in [3.63, 3.8) is 0 Å². The molecule has 0 radical (unpaired) electrons. The summed E-state index contributed by atoms with van der Waals surface area (Å²) in [5, 5.41) is 22.3. The molecule has 8 heteroatoms. The topological polar surface area (TPSA) is 113 Å². The number of furan rings is 1. The van der Waals surface area contributed by atoms with Gasteiger partial charge < -0.3 is 21.4 Å². The largest absolute Gasteiger partial charge is 1.00 e. The Morgan fingerprint density at radius 1 is 0.935 bits per heavy atom. The number of anilines is 1. The number of aromatic nitrogens is 1. The van der Waals surface area contributed by atoms with Crippen LogP contribution in [0, 0.1) is 0 Å². The van der Waals surface area contributed by atoms with Crippen LogP contribution < -0.4 is 34.9 Å². The van der Waals surface area contributed by atoms with Crippen molar-refractivity contribution in [1.29, 1.82) is 0 Å². The molecular weight excluding hydrogens is 407 g/mol. The molecule has 0 fully saturated rings. The third-order valence-electron chi connectivity index (χ3n) is 4.59. The van der Waals surface area contributed by atoms with Crippen LogP contribution in [-0.4, -0.2) is 27.1 Å². The van der Waals surface area contributed by atoms with Gasteiger partial charge in [-0.2, -0.15) is 0 Å². The first kappa shape index (κ1) is 22.3. The van der Waals surface area contributed by atoms with Gasteiger partial charge in [0.25, 0.3) is 5.91 Å². The van der Waals surface area contributed by atoms with E-state index in [1.54, 1.807) is 42.7 Å². The maximum Gasteiger partial charge on any atom is 1.00 e. The normalized spacial score (nSPS) is 10.2. The molecule has 7 nitrogen and oxygen atoms in total. The molecule has 4 aromatic rings. The van der Waals surface area contributed by atoms with E-state index in [9.17, 15) is 19.8 Å². The Balaban J connectivity index is 0.00000181. The molecule has 150 valence electrons. The fourth-order valence-electron chi connectivity index (χ4n) is 3.06. The first-order valence-electron chi connectivity index (χ1n) is 8.97. The Morgan fingerprint density at radius 2 is 1.71 bits per heavy atom. The molecule has 4 rings (SSSR count). The Labute approximate surface area is 201 Å². The first-order valence-corrected chi connectivity index (χ1v) is 8.97. The summed E-state index contributed by atoms with van der Waals surface area (Å²) in [6.45, 7) is 0. The number of carboxylic acids is 1. The number of rotatable bonds is 5. The summed E-state index contributed by atoms with van der Waals surface area (Å²) in [5.74, 6) is -2.04. The second-order valence-electron chi connectivity index (χ2n) is 6.51. The molecule has 2 aromatic carbocycles. The number of hydrogen-bond acceptors (Lipinski definition) is 5. The number of nitrogens with one attached hydrogen (secondary N) is 1. The smallest absolute Gasteiger partial charge is 1.00 e. The number of carboxylic acid groups (broad SMARTS) is 1. The molecule has 0 spiro atoms. The molecular formula is C23H17N2NaO5. The van der Waals surface area contributed by atoms with E-state index in [2.05, 4.69) is 10.3 Å². The first-order chi connectivity index (χ1) is 14.5. The van der Waals surface area contributed by atoms with Gasteiger partial charge in [-0.05, 0) is 47.5 Å². The van der Waals surface area contributed by atoms with Crippen LogP contribution in [0.2, 0.25) is 0 Å². The molecule has 0 saturated carbocycles. The number of benzene rings is 2. The van der Waals surface area contributed by atoms with Crippen LogP contribution in [0.1, 0.15) is 22.1 Å². The summed E-state index contributed by atoms with van der Waals surface area (Å²) in [5.41, 5.74) is 2.94. The number of carbonyl (C=O) groups excluding carboxylic acids is 1. The SMILES string of the molecule is O=C(Nc1cc(-c2ccoc2)ccc1C(=O)O)c1cc(-c2cccnc2)ccc1O.[H-].[Na+]. The van der Waals surface area contributed by atoms with Crippen molar-refractivity contribution in [2.24, 2.45) is 0 Å². The molecule has 1 amide bonds. The van der Waals surface area contributed by atoms with Crippen LogP contribution in [0.3, 0.4) is 0 Å². The van der Waals surface area contributed by atoms with Crippen molar-refractivity contribution < 1.29 is 55.2 Å². The maximum atomic E-state index is 12.9. The van der Waals surface area contributed by atoms with Crippen molar-refractivity contribution in [1.82, 2.24) is 4.98 Å². The molecule has 0 atom stereocenters. The van der Waals surface area contributed by atoms with Gasteiger partial charge in [-0.15, -0.1) is 0 Å². The van der Waals surface area contributed by atoms with E-state index in [1.165, 1.54) is 30.7 Å². The van der Waals surface area contributed by atoms with Crippen LogP contribution >= 0.6 is 0 Å². The number of carbonyl (C=O) groups is 2. The number of phenols is 1. The third-order valence-corrected chi connectivity index (χ3v) is 4.59. The molecule has 2 aromatic heterocycles. The van der Waals surface area contributed by atoms with E-state index in [4.69, 9.17) is 4.42 Å². The molecule has 0 aliphatic rings. The molecule has 0 bridgehead atoms. The van der Waals surface area contributed by atoms with E-state index >= 15 is 0 Å². The van der Waals surface area contributed by atoms with Crippen LogP contribution in [0.15, 0.2) is 83.9 Å². The standard InChI is InChI=1S/C23H16N2O5.Na.H/c26-21-6-4-14(16-2-1-8-24-12-16)10-19(21)22(27)25-20-11-15(17-7-9-30-13-17)3-5-18(20)23(28)29;;/h1-13,26H,(H,25,27)(H,28,29);;/q;+1;-1. The van der Waals surface area contributed by atoms with Crippen LogP contribution in [0.25, 0.3) is 22.3 Å². The molecule has 3 N–H and O–H groups in total. The zero-order chi connectivity index (χ0) is 21.1. The van der Waals surface area contributed by atoms with Gasteiger partial charge in [0.05, 0.1) is 29.3 Å². The number of pyridine rings is 1. The second-order valence-corrected chi connectivity index (χ2v) is 6.51. The van der Waals surface area contributed by atoms with Crippen molar-refractivity contribution >= 4 is 17.6 Å². The summed E-state index contributed by atoms with van der Waals surface area (Å²) in [4.78, 5) is 28.6. The number of amides is 1. The second kappa shape index (κ2) is 9.61. The maximum absolute atomic E-state index is 12.9. The van der Waals surface area contributed by atoms with Crippen molar-refractivity contribution in [2.75, 3.05) is 5.32 Å². The molecule has 0 saturated heterocycles. The Kier molecular flexibility index (Phi) is 6.91. The average Bonchev–Trinajstić information content (AvgIpc) is 3.29. The van der Waals surface area contributed by atoms with Gasteiger partial charge in [-0.3, -0.25) is 9.78 Å². The number of aromatic hydroxyl groups is 1. The number of aromatic carboxylic acids is 1. The van der Waals surface area contributed by atoms with Crippen molar-refractivity contribution in [2.45, 2.75) is 0 Å². The average molecular weight is 424 g/mol. The van der Waals surface area contributed by atoms with E-state index in [-0.39, 0.29) is 53.5 Å². The minimum Gasteiger partial charge on any atom is -1.00 e. The van der Waals surface area contributed by atoms with E-state index in [0.29, 0.717) is 11.1 Å². The molecule has 0 unspecified atom stereocenters. The van der Waals surface area contributed by atoms with Gasteiger partial charge in [0.2, 0.25) is 0 Å². The Bertz CT molecular complexity index is 1230. The van der Waals surface area contributed by atoms with Gasteiger partial charge in [-0.1, -0.05) is 18.2 Å². The fraction of sp³-hybridized carbons (Fsp3) is 0. The number of nitrogens with zero attached hydrogens (tertiary/aromatic N) is 1. The summed E-state index contributed by atoms with van der Waals surface area (Å²) >= 11 is 0.